The number of hydrogen-bond donors (Lipinski definition) is 2. The number of benzene rings is 2. The van der Waals surface area contributed by atoms with Crippen molar-refractivity contribution in [2.45, 2.75) is 39.7 Å². The molecule has 0 saturated carbocycles. The second kappa shape index (κ2) is 11.6. The van der Waals surface area contributed by atoms with Gasteiger partial charge in [-0.05, 0) is 49.9 Å². The summed E-state index contributed by atoms with van der Waals surface area (Å²) in [4.78, 5) is 14.5. The van der Waals surface area contributed by atoms with Gasteiger partial charge in [-0.25, -0.2) is 0 Å². The molecule has 152 valence electrons. The highest BCUT2D eigenvalue weighted by atomic mass is 16.3. The van der Waals surface area contributed by atoms with Gasteiger partial charge in [-0.15, -0.1) is 0 Å². The minimum atomic E-state index is -0.586. The van der Waals surface area contributed by atoms with Gasteiger partial charge in [0.05, 0.1) is 6.10 Å². The second-order valence-electron chi connectivity index (χ2n) is 7.95. The zero-order valence-corrected chi connectivity index (χ0v) is 17.4. The van der Waals surface area contributed by atoms with Gasteiger partial charge in [0.25, 0.3) is 5.91 Å². The Morgan fingerprint density at radius 1 is 1.04 bits per heavy atom. The number of aliphatic hydroxyl groups excluding tert-OH is 1. The first-order valence-electron chi connectivity index (χ1n) is 10.2. The Hall–Kier alpha value is -2.17. The van der Waals surface area contributed by atoms with Gasteiger partial charge in [0.2, 0.25) is 0 Å². The summed E-state index contributed by atoms with van der Waals surface area (Å²) in [6, 6.07) is 17.9. The van der Waals surface area contributed by atoms with Crippen LogP contribution in [0.4, 0.5) is 0 Å². The Kier molecular flexibility index (Phi) is 9.18. The number of aliphatic hydroxyl groups is 1. The number of carbonyl (C=O) groups excluding carboxylic acids is 1. The third kappa shape index (κ3) is 8.24. The van der Waals surface area contributed by atoms with Gasteiger partial charge in [-0.2, -0.15) is 0 Å². The van der Waals surface area contributed by atoms with E-state index in [-0.39, 0.29) is 12.5 Å². The number of nitrogens with one attached hydrogen (secondary N) is 1. The van der Waals surface area contributed by atoms with Crippen molar-refractivity contribution in [3.63, 3.8) is 0 Å². The molecular formula is C24H34N2O2. The minimum absolute atomic E-state index is 0.142. The molecule has 0 spiro atoms. The van der Waals surface area contributed by atoms with Gasteiger partial charge >= 0.3 is 0 Å². The molecule has 0 bridgehead atoms. The molecule has 1 atom stereocenters. The summed E-state index contributed by atoms with van der Waals surface area (Å²) in [5.74, 6) is 0.481. The van der Waals surface area contributed by atoms with Gasteiger partial charge in [-0.1, -0.05) is 61.9 Å². The quantitative estimate of drug-likeness (QED) is 0.623. The van der Waals surface area contributed by atoms with E-state index in [0.29, 0.717) is 18.0 Å². The minimum Gasteiger partial charge on any atom is -0.390 e. The molecule has 2 aromatic rings. The zero-order valence-electron chi connectivity index (χ0n) is 17.4. The Morgan fingerprint density at radius 3 is 2.36 bits per heavy atom. The largest absolute Gasteiger partial charge is 0.390 e. The molecule has 2 rings (SSSR count). The van der Waals surface area contributed by atoms with E-state index in [1.165, 1.54) is 5.56 Å². The lowest BCUT2D eigenvalue weighted by Crippen LogP contribution is -2.41. The van der Waals surface area contributed by atoms with Crippen LogP contribution in [0.1, 0.15) is 41.8 Å². The van der Waals surface area contributed by atoms with Crippen molar-refractivity contribution in [2.75, 3.05) is 26.2 Å². The molecule has 0 saturated heterocycles. The molecule has 0 radical (unpaired) electrons. The fourth-order valence-corrected chi connectivity index (χ4v) is 3.05. The highest BCUT2D eigenvalue weighted by molar-refractivity contribution is 5.94. The lowest BCUT2D eigenvalue weighted by atomic mass is 10.1. The second-order valence-corrected chi connectivity index (χ2v) is 7.95. The number of aryl methyl sites for hydroxylation is 1. The number of carbonyl (C=O) groups is 1. The summed E-state index contributed by atoms with van der Waals surface area (Å²) in [7, 11) is 0. The summed E-state index contributed by atoms with van der Waals surface area (Å²) in [5.41, 5.74) is 3.05. The summed E-state index contributed by atoms with van der Waals surface area (Å²) >= 11 is 0. The summed E-state index contributed by atoms with van der Waals surface area (Å²) in [5, 5.41) is 13.3. The van der Waals surface area contributed by atoms with E-state index in [4.69, 9.17) is 0 Å². The predicted molar refractivity (Wildman–Crippen MR) is 116 cm³/mol. The highest BCUT2D eigenvalue weighted by Gasteiger charge is 2.14. The normalized spacial score (nSPS) is 12.4. The van der Waals surface area contributed by atoms with Crippen LogP contribution in [0.25, 0.3) is 0 Å². The molecule has 0 fully saturated rings. The predicted octanol–water partition coefficient (Wildman–Crippen LogP) is 3.68. The molecule has 1 unspecified atom stereocenters. The van der Waals surface area contributed by atoms with Crippen molar-refractivity contribution in [3.8, 4) is 0 Å². The summed E-state index contributed by atoms with van der Waals surface area (Å²) in [6.45, 7) is 9.10. The van der Waals surface area contributed by atoms with E-state index in [1.54, 1.807) is 0 Å². The third-order valence-corrected chi connectivity index (χ3v) is 4.86. The average Bonchev–Trinajstić information content (AvgIpc) is 2.69. The molecule has 4 nitrogen and oxygen atoms in total. The van der Waals surface area contributed by atoms with Crippen LogP contribution in [0.3, 0.4) is 0 Å². The van der Waals surface area contributed by atoms with Crippen LogP contribution in [0.5, 0.6) is 0 Å². The molecule has 0 heterocycles. The van der Waals surface area contributed by atoms with Gasteiger partial charge in [-0.3, -0.25) is 4.79 Å². The van der Waals surface area contributed by atoms with E-state index in [0.717, 1.165) is 31.5 Å². The van der Waals surface area contributed by atoms with E-state index in [9.17, 15) is 9.90 Å². The Balaban J connectivity index is 1.83. The van der Waals surface area contributed by atoms with Crippen molar-refractivity contribution in [2.24, 2.45) is 5.92 Å². The standard InChI is InChI=1S/C24H34N2O2/c1-19(2)13-15-26(16-14-21-7-5-4-6-8-21)18-23(27)17-25-24(28)22-11-9-20(3)10-12-22/h4-12,19,23,27H,13-18H2,1-3H3,(H,25,28). The monoisotopic (exact) mass is 382 g/mol. The van der Waals surface area contributed by atoms with Gasteiger partial charge in [0.1, 0.15) is 0 Å². The van der Waals surface area contributed by atoms with E-state index < -0.39 is 6.10 Å². The van der Waals surface area contributed by atoms with Crippen LogP contribution >= 0.6 is 0 Å². The van der Waals surface area contributed by atoms with Crippen molar-refractivity contribution in [3.05, 3.63) is 71.3 Å². The Labute approximate surface area is 169 Å². The number of amides is 1. The SMILES string of the molecule is Cc1ccc(C(=O)NCC(O)CN(CCc2ccccc2)CCC(C)C)cc1. The maximum Gasteiger partial charge on any atom is 0.251 e. The smallest absolute Gasteiger partial charge is 0.251 e. The van der Waals surface area contributed by atoms with Crippen LogP contribution < -0.4 is 5.32 Å². The number of rotatable bonds is 11. The molecule has 0 aliphatic heterocycles. The molecule has 0 aliphatic carbocycles. The first kappa shape index (κ1) is 22.1. The van der Waals surface area contributed by atoms with Crippen molar-refractivity contribution in [1.82, 2.24) is 10.2 Å². The van der Waals surface area contributed by atoms with Gasteiger partial charge in [0.15, 0.2) is 0 Å². The van der Waals surface area contributed by atoms with Crippen LogP contribution in [0.15, 0.2) is 54.6 Å². The topological polar surface area (TPSA) is 52.6 Å². The van der Waals surface area contributed by atoms with E-state index >= 15 is 0 Å². The highest BCUT2D eigenvalue weighted by Crippen LogP contribution is 2.07. The van der Waals surface area contributed by atoms with Crippen molar-refractivity contribution < 1.29 is 9.90 Å². The molecule has 2 aromatic carbocycles. The summed E-state index contributed by atoms with van der Waals surface area (Å²) in [6.07, 6.45) is 1.47. The first-order chi connectivity index (χ1) is 13.4. The first-order valence-corrected chi connectivity index (χ1v) is 10.2. The third-order valence-electron chi connectivity index (χ3n) is 4.86. The molecule has 4 heteroatoms. The number of hydrogen-bond acceptors (Lipinski definition) is 3. The fraction of sp³-hybridized carbons (Fsp3) is 0.458. The average molecular weight is 383 g/mol. The van der Waals surface area contributed by atoms with Crippen LogP contribution in [-0.2, 0) is 6.42 Å². The van der Waals surface area contributed by atoms with Crippen LogP contribution in [0, 0.1) is 12.8 Å². The molecule has 2 N–H and O–H groups in total. The molecule has 0 aliphatic rings. The number of nitrogens with zero attached hydrogens (tertiary/aromatic N) is 1. The van der Waals surface area contributed by atoms with Crippen molar-refractivity contribution in [1.29, 1.82) is 0 Å². The zero-order chi connectivity index (χ0) is 20.4. The Morgan fingerprint density at radius 2 is 1.71 bits per heavy atom. The van der Waals surface area contributed by atoms with Crippen LogP contribution in [0.2, 0.25) is 0 Å². The lowest BCUT2D eigenvalue weighted by molar-refractivity contribution is 0.0854. The molecule has 1 amide bonds. The Bertz CT molecular complexity index is 698. The maximum atomic E-state index is 12.2. The fourth-order valence-electron chi connectivity index (χ4n) is 3.05. The summed E-state index contributed by atoms with van der Waals surface area (Å²) < 4.78 is 0. The van der Waals surface area contributed by atoms with Crippen molar-refractivity contribution >= 4 is 5.91 Å². The molecule has 0 aromatic heterocycles. The van der Waals surface area contributed by atoms with Crippen LogP contribution in [-0.4, -0.2) is 48.2 Å². The lowest BCUT2D eigenvalue weighted by Gasteiger charge is -2.26. The maximum absolute atomic E-state index is 12.2. The van der Waals surface area contributed by atoms with Gasteiger partial charge < -0.3 is 15.3 Å². The molecule has 28 heavy (non-hydrogen) atoms. The van der Waals surface area contributed by atoms with Gasteiger partial charge in [0, 0.05) is 25.2 Å². The van der Waals surface area contributed by atoms with E-state index in [1.807, 2.05) is 37.3 Å². The van der Waals surface area contributed by atoms with E-state index in [2.05, 4.69) is 48.3 Å². The molecular weight excluding hydrogens is 348 g/mol.